The van der Waals surface area contributed by atoms with Gasteiger partial charge in [-0.25, -0.2) is 4.79 Å². The highest BCUT2D eigenvalue weighted by Crippen LogP contribution is 2.25. The van der Waals surface area contributed by atoms with Crippen LogP contribution in [-0.2, 0) is 12.8 Å². The number of hydrogen-bond acceptors (Lipinski definition) is 3. The topological polar surface area (TPSA) is 78.0 Å². The Morgan fingerprint density at radius 3 is 2.59 bits per heavy atom. The molecule has 0 aliphatic heterocycles. The molecule has 3 N–H and O–H groups in total. The lowest BCUT2D eigenvalue weighted by atomic mass is 10.0. The summed E-state index contributed by atoms with van der Waals surface area (Å²) in [5, 5.41) is 20.7. The van der Waals surface area contributed by atoms with E-state index < -0.39 is 5.97 Å². The molecule has 3 aromatic carbocycles. The SMILES string of the molecule is O=C(O)c1ccc(CCc2ccccc2)cc1Nc1ccc2[nH]ncc2c1. The van der Waals surface area contributed by atoms with Gasteiger partial charge in [-0.3, -0.25) is 5.10 Å². The molecule has 4 rings (SSSR count). The van der Waals surface area contributed by atoms with E-state index in [9.17, 15) is 9.90 Å². The number of rotatable bonds is 6. The number of aromatic carboxylic acids is 1. The molecular formula is C22H19N3O2. The Morgan fingerprint density at radius 2 is 1.78 bits per heavy atom. The number of carboxylic acids is 1. The second-order valence-electron chi connectivity index (χ2n) is 6.47. The fourth-order valence-corrected chi connectivity index (χ4v) is 3.15. The van der Waals surface area contributed by atoms with Crippen molar-refractivity contribution in [2.75, 3.05) is 5.32 Å². The van der Waals surface area contributed by atoms with Gasteiger partial charge in [0.05, 0.1) is 23.0 Å². The smallest absolute Gasteiger partial charge is 0.337 e. The van der Waals surface area contributed by atoms with Crippen molar-refractivity contribution >= 4 is 28.2 Å². The number of nitrogens with zero attached hydrogens (tertiary/aromatic N) is 1. The summed E-state index contributed by atoms with van der Waals surface area (Å²) < 4.78 is 0. The quantitative estimate of drug-likeness (QED) is 0.464. The lowest BCUT2D eigenvalue weighted by molar-refractivity contribution is 0.0698. The number of aryl methyl sites for hydroxylation is 2. The Labute approximate surface area is 156 Å². The summed E-state index contributed by atoms with van der Waals surface area (Å²) in [4.78, 5) is 11.6. The van der Waals surface area contributed by atoms with Crippen LogP contribution in [0.25, 0.3) is 10.9 Å². The Bertz CT molecular complexity index is 1090. The van der Waals surface area contributed by atoms with Crippen LogP contribution in [0.5, 0.6) is 0 Å². The molecule has 0 bridgehead atoms. The molecule has 0 aliphatic carbocycles. The molecule has 134 valence electrons. The predicted molar refractivity (Wildman–Crippen MR) is 107 cm³/mol. The third-order valence-corrected chi connectivity index (χ3v) is 4.58. The molecule has 0 amide bonds. The van der Waals surface area contributed by atoms with Crippen molar-refractivity contribution < 1.29 is 9.90 Å². The normalized spacial score (nSPS) is 10.8. The van der Waals surface area contributed by atoms with Gasteiger partial charge in [-0.15, -0.1) is 0 Å². The number of carbonyl (C=O) groups is 1. The molecule has 0 saturated heterocycles. The van der Waals surface area contributed by atoms with Crippen LogP contribution in [0, 0.1) is 0 Å². The van der Waals surface area contributed by atoms with Crippen molar-refractivity contribution in [3.05, 3.63) is 89.6 Å². The van der Waals surface area contributed by atoms with Gasteiger partial charge in [-0.05, 0) is 54.3 Å². The van der Waals surface area contributed by atoms with Crippen LogP contribution in [-0.4, -0.2) is 21.3 Å². The number of aromatic nitrogens is 2. The van der Waals surface area contributed by atoms with E-state index in [1.54, 1.807) is 12.3 Å². The van der Waals surface area contributed by atoms with E-state index in [1.165, 1.54) is 5.56 Å². The average Bonchev–Trinajstić information content (AvgIpc) is 3.15. The second-order valence-corrected chi connectivity index (χ2v) is 6.47. The molecule has 4 aromatic rings. The van der Waals surface area contributed by atoms with Crippen molar-refractivity contribution in [1.29, 1.82) is 0 Å². The van der Waals surface area contributed by atoms with E-state index >= 15 is 0 Å². The van der Waals surface area contributed by atoms with Gasteiger partial charge in [0, 0.05) is 11.1 Å². The van der Waals surface area contributed by atoms with Crippen LogP contribution in [0.2, 0.25) is 0 Å². The van der Waals surface area contributed by atoms with E-state index in [1.807, 2.05) is 48.5 Å². The van der Waals surface area contributed by atoms with Gasteiger partial charge >= 0.3 is 5.97 Å². The standard InChI is InChI=1S/C22H19N3O2/c26-22(27)19-10-8-16(7-6-15-4-2-1-3-5-15)12-21(19)24-18-9-11-20-17(13-18)14-23-25-20/h1-5,8-14,24H,6-7H2,(H,23,25)(H,26,27). The molecule has 0 unspecified atom stereocenters. The second kappa shape index (κ2) is 7.33. The molecule has 0 radical (unpaired) electrons. The minimum atomic E-state index is -0.948. The third kappa shape index (κ3) is 3.82. The van der Waals surface area contributed by atoms with E-state index in [-0.39, 0.29) is 5.56 Å². The minimum Gasteiger partial charge on any atom is -0.478 e. The number of hydrogen-bond donors (Lipinski definition) is 3. The third-order valence-electron chi connectivity index (χ3n) is 4.58. The van der Waals surface area contributed by atoms with Gasteiger partial charge in [0.2, 0.25) is 0 Å². The number of fused-ring (bicyclic) bond motifs is 1. The summed E-state index contributed by atoms with van der Waals surface area (Å²) in [6.45, 7) is 0. The Morgan fingerprint density at radius 1 is 0.963 bits per heavy atom. The van der Waals surface area contributed by atoms with Gasteiger partial charge in [-0.1, -0.05) is 36.4 Å². The summed E-state index contributed by atoms with van der Waals surface area (Å²) >= 11 is 0. The summed E-state index contributed by atoms with van der Waals surface area (Å²) in [6.07, 6.45) is 3.50. The summed E-state index contributed by atoms with van der Waals surface area (Å²) in [6, 6.07) is 21.5. The number of H-pyrrole nitrogens is 1. The number of anilines is 2. The molecule has 5 heteroatoms. The molecule has 5 nitrogen and oxygen atoms in total. The summed E-state index contributed by atoms with van der Waals surface area (Å²) in [7, 11) is 0. The monoisotopic (exact) mass is 357 g/mol. The van der Waals surface area contributed by atoms with Crippen LogP contribution in [0.3, 0.4) is 0 Å². The van der Waals surface area contributed by atoms with Crippen molar-refractivity contribution in [2.24, 2.45) is 0 Å². The maximum atomic E-state index is 11.6. The first kappa shape index (κ1) is 16.8. The van der Waals surface area contributed by atoms with E-state index in [4.69, 9.17) is 0 Å². The first-order valence-electron chi connectivity index (χ1n) is 8.79. The Kier molecular flexibility index (Phi) is 4.58. The van der Waals surface area contributed by atoms with Crippen molar-refractivity contribution in [3.8, 4) is 0 Å². The Balaban J connectivity index is 1.59. The average molecular weight is 357 g/mol. The van der Waals surface area contributed by atoms with Crippen molar-refractivity contribution in [2.45, 2.75) is 12.8 Å². The van der Waals surface area contributed by atoms with Gasteiger partial charge < -0.3 is 10.4 Å². The lowest BCUT2D eigenvalue weighted by Gasteiger charge is -2.12. The highest BCUT2D eigenvalue weighted by atomic mass is 16.4. The number of aromatic amines is 1. The van der Waals surface area contributed by atoms with Crippen LogP contribution in [0.4, 0.5) is 11.4 Å². The highest BCUT2D eigenvalue weighted by molar-refractivity contribution is 5.95. The molecular weight excluding hydrogens is 338 g/mol. The molecule has 0 aliphatic rings. The molecule has 0 saturated carbocycles. The van der Waals surface area contributed by atoms with Crippen LogP contribution < -0.4 is 5.32 Å². The zero-order chi connectivity index (χ0) is 18.6. The number of carboxylic acid groups (broad SMARTS) is 1. The lowest BCUT2D eigenvalue weighted by Crippen LogP contribution is -2.04. The Hall–Kier alpha value is -3.60. The summed E-state index contributed by atoms with van der Waals surface area (Å²) in [5.41, 5.74) is 4.97. The number of benzene rings is 3. The van der Waals surface area contributed by atoms with Crippen molar-refractivity contribution in [1.82, 2.24) is 10.2 Å². The molecule has 0 spiro atoms. The van der Waals surface area contributed by atoms with E-state index in [0.29, 0.717) is 5.69 Å². The van der Waals surface area contributed by atoms with Gasteiger partial charge in [0.15, 0.2) is 0 Å². The van der Waals surface area contributed by atoms with E-state index in [0.717, 1.165) is 35.0 Å². The molecule has 0 fully saturated rings. The largest absolute Gasteiger partial charge is 0.478 e. The van der Waals surface area contributed by atoms with Gasteiger partial charge in [-0.2, -0.15) is 5.10 Å². The maximum Gasteiger partial charge on any atom is 0.337 e. The van der Waals surface area contributed by atoms with Crippen LogP contribution >= 0.6 is 0 Å². The summed E-state index contributed by atoms with van der Waals surface area (Å²) in [5.74, 6) is -0.948. The zero-order valence-corrected chi connectivity index (χ0v) is 14.6. The molecule has 0 atom stereocenters. The predicted octanol–water partition coefficient (Wildman–Crippen LogP) is 4.79. The molecule has 1 aromatic heterocycles. The maximum absolute atomic E-state index is 11.6. The molecule has 27 heavy (non-hydrogen) atoms. The van der Waals surface area contributed by atoms with E-state index in [2.05, 4.69) is 27.6 Å². The van der Waals surface area contributed by atoms with Crippen LogP contribution in [0.15, 0.2) is 72.9 Å². The van der Waals surface area contributed by atoms with Gasteiger partial charge in [0.1, 0.15) is 0 Å². The zero-order valence-electron chi connectivity index (χ0n) is 14.6. The minimum absolute atomic E-state index is 0.255. The molecule has 1 heterocycles. The van der Waals surface area contributed by atoms with Crippen molar-refractivity contribution in [3.63, 3.8) is 0 Å². The van der Waals surface area contributed by atoms with Crippen LogP contribution in [0.1, 0.15) is 21.5 Å². The van der Waals surface area contributed by atoms with Gasteiger partial charge in [0.25, 0.3) is 0 Å². The fourth-order valence-electron chi connectivity index (χ4n) is 3.15. The number of nitrogens with one attached hydrogen (secondary N) is 2. The highest BCUT2D eigenvalue weighted by Gasteiger charge is 2.12. The first-order valence-corrected chi connectivity index (χ1v) is 8.79. The fraction of sp³-hybridized carbons (Fsp3) is 0.0909. The first-order chi connectivity index (χ1) is 13.2.